The van der Waals surface area contributed by atoms with Crippen molar-refractivity contribution in [1.29, 1.82) is 0 Å². The molecule has 0 saturated heterocycles. The number of hydrazone groups is 1. The minimum Gasteiger partial charge on any atom is -0.331 e. The van der Waals surface area contributed by atoms with Crippen LogP contribution in [0.4, 0.5) is 5.69 Å². The number of fused-ring (bicyclic) bond motifs is 1. The zero-order valence-corrected chi connectivity index (χ0v) is 13.3. The Morgan fingerprint density at radius 1 is 1.00 bits per heavy atom. The summed E-state index contributed by atoms with van der Waals surface area (Å²) in [7, 11) is 0. The van der Waals surface area contributed by atoms with E-state index >= 15 is 0 Å². The highest BCUT2D eigenvalue weighted by atomic mass is 32.1. The molecule has 114 valence electrons. The second-order valence-corrected chi connectivity index (χ2v) is 5.28. The molecule has 5 nitrogen and oxygen atoms in total. The maximum absolute atomic E-state index is 5.22. The average molecular weight is 321 g/mol. The Kier molecular flexibility index (Phi) is 4.54. The van der Waals surface area contributed by atoms with Crippen molar-refractivity contribution in [3.63, 3.8) is 0 Å². The fourth-order valence-electron chi connectivity index (χ4n) is 2.00. The van der Waals surface area contributed by atoms with Gasteiger partial charge in [-0.25, -0.2) is 4.98 Å². The summed E-state index contributed by atoms with van der Waals surface area (Å²) in [5.74, 6) is 0. The van der Waals surface area contributed by atoms with Gasteiger partial charge in [0.25, 0.3) is 0 Å². The molecule has 2 aromatic carbocycles. The Labute approximate surface area is 139 Å². The van der Waals surface area contributed by atoms with Crippen molar-refractivity contribution in [2.24, 2.45) is 5.10 Å². The first kappa shape index (κ1) is 15.1. The van der Waals surface area contributed by atoms with Gasteiger partial charge in [0.05, 0.1) is 22.9 Å². The highest BCUT2D eigenvalue weighted by molar-refractivity contribution is 7.80. The molecular formula is C17H15N5S. The van der Waals surface area contributed by atoms with Crippen LogP contribution < -0.4 is 10.7 Å². The average Bonchev–Trinajstić information content (AvgIpc) is 2.60. The molecule has 0 bridgehead atoms. The van der Waals surface area contributed by atoms with Gasteiger partial charge >= 0.3 is 0 Å². The molecule has 0 saturated carbocycles. The Morgan fingerprint density at radius 3 is 2.48 bits per heavy atom. The molecule has 23 heavy (non-hydrogen) atoms. The standard InChI is InChI=1S/C17H15N5S/c1-12(16-11-18-14-9-5-6-10-15(14)20-16)21-22-17(23)19-13-7-3-2-4-8-13/h2-11H,1H3,(H2,19,22,23). The summed E-state index contributed by atoms with van der Waals surface area (Å²) in [5.41, 5.74) is 6.84. The number of aromatic nitrogens is 2. The van der Waals surface area contributed by atoms with Gasteiger partial charge in [-0.15, -0.1) is 0 Å². The van der Waals surface area contributed by atoms with Gasteiger partial charge in [-0.1, -0.05) is 30.3 Å². The second-order valence-electron chi connectivity index (χ2n) is 4.87. The zero-order valence-electron chi connectivity index (χ0n) is 12.5. The fraction of sp³-hybridized carbons (Fsp3) is 0.0588. The van der Waals surface area contributed by atoms with E-state index in [2.05, 4.69) is 25.8 Å². The van der Waals surface area contributed by atoms with Gasteiger partial charge in [0.15, 0.2) is 5.11 Å². The number of thiocarbonyl (C=S) groups is 1. The molecule has 6 heteroatoms. The molecule has 3 aromatic rings. The van der Waals surface area contributed by atoms with E-state index in [0.717, 1.165) is 16.7 Å². The van der Waals surface area contributed by atoms with Crippen LogP contribution in [-0.2, 0) is 0 Å². The van der Waals surface area contributed by atoms with Gasteiger partial charge < -0.3 is 5.32 Å². The van der Waals surface area contributed by atoms with Gasteiger partial charge in [-0.2, -0.15) is 5.10 Å². The monoisotopic (exact) mass is 321 g/mol. The van der Waals surface area contributed by atoms with Crippen LogP contribution >= 0.6 is 12.2 Å². The summed E-state index contributed by atoms with van der Waals surface area (Å²) < 4.78 is 0. The Morgan fingerprint density at radius 2 is 1.70 bits per heavy atom. The molecule has 0 atom stereocenters. The van der Waals surface area contributed by atoms with Crippen molar-refractivity contribution in [3.8, 4) is 0 Å². The minimum atomic E-state index is 0.421. The van der Waals surface area contributed by atoms with Crippen molar-refractivity contribution in [2.45, 2.75) is 6.92 Å². The predicted octanol–water partition coefficient (Wildman–Crippen LogP) is 3.34. The Bertz CT molecular complexity index is 861. The van der Waals surface area contributed by atoms with Crippen LogP contribution in [0.3, 0.4) is 0 Å². The SMILES string of the molecule is CC(=NNC(=S)Nc1ccccc1)c1cnc2ccccc2n1. The highest BCUT2D eigenvalue weighted by Crippen LogP contribution is 2.09. The Balaban J connectivity index is 1.69. The summed E-state index contributed by atoms with van der Waals surface area (Å²) in [6.45, 7) is 1.86. The van der Waals surface area contributed by atoms with Crippen molar-refractivity contribution in [2.75, 3.05) is 5.32 Å². The molecule has 0 aliphatic rings. The lowest BCUT2D eigenvalue weighted by atomic mass is 10.2. The second kappa shape index (κ2) is 6.93. The molecule has 0 unspecified atom stereocenters. The van der Waals surface area contributed by atoms with Crippen LogP contribution in [0.25, 0.3) is 11.0 Å². The van der Waals surface area contributed by atoms with E-state index in [1.807, 2.05) is 61.5 Å². The number of anilines is 1. The van der Waals surface area contributed by atoms with E-state index in [0.29, 0.717) is 16.5 Å². The van der Waals surface area contributed by atoms with Crippen LogP contribution in [0.15, 0.2) is 65.9 Å². The summed E-state index contributed by atoms with van der Waals surface area (Å²) >= 11 is 5.22. The molecule has 0 aliphatic carbocycles. The first-order valence-corrected chi connectivity index (χ1v) is 7.52. The van der Waals surface area contributed by atoms with Gasteiger partial charge in [0.2, 0.25) is 0 Å². The van der Waals surface area contributed by atoms with Gasteiger partial charge in [-0.05, 0) is 43.4 Å². The lowest BCUT2D eigenvalue weighted by molar-refractivity contribution is 1.03. The lowest BCUT2D eigenvalue weighted by Crippen LogP contribution is -2.25. The molecule has 1 heterocycles. The number of hydrogen-bond acceptors (Lipinski definition) is 4. The maximum Gasteiger partial charge on any atom is 0.191 e. The summed E-state index contributed by atoms with van der Waals surface area (Å²) in [6.07, 6.45) is 1.70. The number of rotatable bonds is 3. The molecule has 1 aromatic heterocycles. The van der Waals surface area contributed by atoms with Crippen molar-refractivity contribution in [3.05, 3.63) is 66.5 Å². The molecule has 0 radical (unpaired) electrons. The molecule has 2 N–H and O–H groups in total. The van der Waals surface area contributed by atoms with Crippen LogP contribution in [0.5, 0.6) is 0 Å². The maximum atomic E-state index is 5.22. The smallest absolute Gasteiger partial charge is 0.191 e. The minimum absolute atomic E-state index is 0.421. The third-order valence-electron chi connectivity index (χ3n) is 3.18. The van der Waals surface area contributed by atoms with Crippen LogP contribution in [0, 0.1) is 0 Å². The third kappa shape index (κ3) is 3.87. The molecular weight excluding hydrogens is 306 g/mol. The third-order valence-corrected chi connectivity index (χ3v) is 3.37. The predicted molar refractivity (Wildman–Crippen MR) is 97.5 cm³/mol. The number of nitrogens with zero attached hydrogens (tertiary/aromatic N) is 3. The van der Waals surface area contributed by atoms with Crippen LogP contribution in [0.2, 0.25) is 0 Å². The number of nitrogens with one attached hydrogen (secondary N) is 2. The van der Waals surface area contributed by atoms with Gasteiger partial charge in [0, 0.05) is 5.69 Å². The first-order chi connectivity index (χ1) is 11.2. The first-order valence-electron chi connectivity index (χ1n) is 7.11. The Hall–Kier alpha value is -2.86. The molecule has 0 fully saturated rings. The van der Waals surface area contributed by atoms with E-state index < -0.39 is 0 Å². The van der Waals surface area contributed by atoms with Crippen molar-refractivity contribution in [1.82, 2.24) is 15.4 Å². The summed E-state index contributed by atoms with van der Waals surface area (Å²) in [6, 6.07) is 17.4. The van der Waals surface area contributed by atoms with E-state index in [9.17, 15) is 0 Å². The number of hydrogen-bond donors (Lipinski definition) is 2. The molecule has 0 aliphatic heterocycles. The van der Waals surface area contributed by atoms with Crippen LogP contribution in [0.1, 0.15) is 12.6 Å². The topological polar surface area (TPSA) is 62.2 Å². The normalized spacial score (nSPS) is 11.3. The summed E-state index contributed by atoms with van der Waals surface area (Å²) in [5, 5.41) is 7.73. The number of para-hydroxylation sites is 3. The van der Waals surface area contributed by atoms with Gasteiger partial charge in [0.1, 0.15) is 5.69 Å². The molecule has 0 spiro atoms. The zero-order chi connectivity index (χ0) is 16.1. The van der Waals surface area contributed by atoms with Crippen LogP contribution in [-0.4, -0.2) is 20.8 Å². The van der Waals surface area contributed by atoms with Gasteiger partial charge in [-0.3, -0.25) is 10.4 Å². The fourth-order valence-corrected chi connectivity index (χ4v) is 2.17. The summed E-state index contributed by atoms with van der Waals surface area (Å²) in [4.78, 5) is 8.92. The van der Waals surface area contributed by atoms with E-state index in [-0.39, 0.29) is 0 Å². The van der Waals surface area contributed by atoms with Crippen molar-refractivity contribution < 1.29 is 0 Å². The lowest BCUT2D eigenvalue weighted by Gasteiger charge is -2.07. The van der Waals surface area contributed by atoms with E-state index in [1.54, 1.807) is 6.20 Å². The quantitative estimate of drug-likeness (QED) is 0.440. The van der Waals surface area contributed by atoms with E-state index in [4.69, 9.17) is 12.2 Å². The molecule has 3 rings (SSSR count). The van der Waals surface area contributed by atoms with E-state index in [1.165, 1.54) is 0 Å². The van der Waals surface area contributed by atoms with Crippen molar-refractivity contribution >= 4 is 39.8 Å². The highest BCUT2D eigenvalue weighted by Gasteiger charge is 2.03. The largest absolute Gasteiger partial charge is 0.331 e. The number of benzene rings is 2. The molecule has 0 amide bonds.